The average molecular weight is 309 g/mol. The van der Waals surface area contributed by atoms with Gasteiger partial charge >= 0.3 is 0 Å². The Balaban J connectivity index is 2.14. The molecule has 2 rings (SSSR count). The number of aryl methyl sites for hydroxylation is 1. The molecule has 3 N–H and O–H groups in total. The summed E-state index contributed by atoms with van der Waals surface area (Å²) in [6.45, 7) is 2.03. The first-order valence-corrected chi connectivity index (χ1v) is 6.81. The average Bonchev–Trinajstić information content (AvgIpc) is 2.33. The molecule has 0 atom stereocenters. The van der Waals surface area contributed by atoms with Gasteiger partial charge < -0.3 is 10.5 Å². The number of nitrogens with one attached hydrogen (secondary N) is 1. The molecule has 0 amide bonds. The minimum absolute atomic E-state index is 0.766. The SMILES string of the molecule is Cc1cc(N)cc(NSc2ccccc2)c1Br. The van der Waals surface area contributed by atoms with Crippen LogP contribution in [-0.4, -0.2) is 0 Å². The van der Waals surface area contributed by atoms with E-state index in [9.17, 15) is 0 Å². The molecule has 2 aromatic rings. The van der Waals surface area contributed by atoms with Crippen LogP contribution in [0.15, 0.2) is 51.8 Å². The Hall–Kier alpha value is -1.13. The molecule has 0 fully saturated rings. The van der Waals surface area contributed by atoms with Crippen LogP contribution in [-0.2, 0) is 0 Å². The van der Waals surface area contributed by atoms with Gasteiger partial charge in [0.1, 0.15) is 0 Å². The van der Waals surface area contributed by atoms with Crippen molar-refractivity contribution in [2.45, 2.75) is 11.8 Å². The zero-order valence-electron chi connectivity index (χ0n) is 9.41. The predicted octanol–water partition coefficient (Wildman–Crippen LogP) is 4.46. The monoisotopic (exact) mass is 308 g/mol. The van der Waals surface area contributed by atoms with E-state index in [0.717, 1.165) is 21.4 Å². The second-order valence-corrected chi connectivity index (χ2v) is 5.39. The number of anilines is 2. The highest BCUT2D eigenvalue weighted by atomic mass is 79.9. The Morgan fingerprint density at radius 1 is 1.18 bits per heavy atom. The molecule has 0 radical (unpaired) electrons. The van der Waals surface area contributed by atoms with E-state index in [0.29, 0.717) is 0 Å². The van der Waals surface area contributed by atoms with Gasteiger partial charge in [-0.15, -0.1) is 0 Å². The predicted molar refractivity (Wildman–Crippen MR) is 79.2 cm³/mol. The summed E-state index contributed by atoms with van der Waals surface area (Å²) in [6, 6.07) is 14.0. The van der Waals surface area contributed by atoms with E-state index in [4.69, 9.17) is 5.73 Å². The lowest BCUT2D eigenvalue weighted by Gasteiger charge is -2.10. The summed E-state index contributed by atoms with van der Waals surface area (Å²) in [6.07, 6.45) is 0. The van der Waals surface area contributed by atoms with Crippen molar-refractivity contribution >= 4 is 39.3 Å². The van der Waals surface area contributed by atoms with Crippen molar-refractivity contribution in [3.8, 4) is 0 Å². The van der Waals surface area contributed by atoms with E-state index in [1.165, 1.54) is 4.90 Å². The van der Waals surface area contributed by atoms with Gasteiger partial charge in [-0.05, 0) is 64.6 Å². The highest BCUT2D eigenvalue weighted by Crippen LogP contribution is 2.32. The third-order valence-corrected chi connectivity index (χ3v) is 4.18. The summed E-state index contributed by atoms with van der Waals surface area (Å²) in [7, 11) is 0. The van der Waals surface area contributed by atoms with Crippen LogP contribution in [0.25, 0.3) is 0 Å². The van der Waals surface area contributed by atoms with Crippen LogP contribution < -0.4 is 10.5 Å². The van der Waals surface area contributed by atoms with E-state index >= 15 is 0 Å². The molecule has 0 aromatic heterocycles. The summed E-state index contributed by atoms with van der Waals surface area (Å²) in [5.41, 5.74) is 8.72. The quantitative estimate of drug-likeness (QED) is 0.649. The molecule has 0 aliphatic carbocycles. The van der Waals surface area contributed by atoms with Crippen LogP contribution in [0.3, 0.4) is 0 Å². The number of nitrogens with two attached hydrogens (primary N) is 1. The van der Waals surface area contributed by atoms with Crippen LogP contribution in [0.4, 0.5) is 11.4 Å². The Bertz CT molecular complexity index is 514. The Labute approximate surface area is 114 Å². The minimum Gasteiger partial charge on any atom is -0.399 e. The molecule has 0 aliphatic heterocycles. The molecule has 0 heterocycles. The number of hydrogen-bond acceptors (Lipinski definition) is 3. The third kappa shape index (κ3) is 3.17. The van der Waals surface area contributed by atoms with Crippen LogP contribution in [0.2, 0.25) is 0 Å². The number of benzene rings is 2. The zero-order valence-corrected chi connectivity index (χ0v) is 11.8. The maximum atomic E-state index is 5.83. The third-order valence-electron chi connectivity index (χ3n) is 2.30. The van der Waals surface area contributed by atoms with Gasteiger partial charge in [0, 0.05) is 15.1 Å². The first-order chi connectivity index (χ1) is 8.16. The smallest absolute Gasteiger partial charge is 0.0609 e. The van der Waals surface area contributed by atoms with Crippen LogP contribution in [0.1, 0.15) is 5.56 Å². The van der Waals surface area contributed by atoms with Crippen molar-refractivity contribution in [1.82, 2.24) is 0 Å². The minimum atomic E-state index is 0.766. The van der Waals surface area contributed by atoms with Crippen molar-refractivity contribution < 1.29 is 0 Å². The fourth-order valence-electron chi connectivity index (χ4n) is 1.47. The van der Waals surface area contributed by atoms with Gasteiger partial charge in [-0.1, -0.05) is 18.2 Å². The highest BCUT2D eigenvalue weighted by Gasteiger charge is 2.04. The lowest BCUT2D eigenvalue weighted by Crippen LogP contribution is -1.93. The van der Waals surface area contributed by atoms with Gasteiger partial charge in [0.2, 0.25) is 0 Å². The maximum Gasteiger partial charge on any atom is 0.0609 e. The van der Waals surface area contributed by atoms with E-state index < -0.39 is 0 Å². The van der Waals surface area contributed by atoms with Crippen molar-refractivity contribution in [3.05, 3.63) is 52.5 Å². The summed E-state index contributed by atoms with van der Waals surface area (Å²) in [5, 5.41) is 0. The van der Waals surface area contributed by atoms with Crippen LogP contribution >= 0.6 is 27.9 Å². The van der Waals surface area contributed by atoms with Crippen molar-refractivity contribution in [2.24, 2.45) is 0 Å². The second-order valence-electron chi connectivity index (χ2n) is 3.72. The number of halogens is 1. The highest BCUT2D eigenvalue weighted by molar-refractivity contribution is 9.10. The molecule has 0 saturated heterocycles. The van der Waals surface area contributed by atoms with Gasteiger partial charge in [0.05, 0.1) is 5.69 Å². The standard InChI is InChI=1S/C13H13BrN2S/c1-9-7-10(15)8-12(13(9)14)16-17-11-5-3-2-4-6-11/h2-8,16H,15H2,1H3. The number of nitrogen functional groups attached to an aromatic ring is 1. The van der Waals surface area contributed by atoms with E-state index in [1.54, 1.807) is 11.9 Å². The van der Waals surface area contributed by atoms with Crippen molar-refractivity contribution in [2.75, 3.05) is 10.5 Å². The van der Waals surface area contributed by atoms with E-state index in [-0.39, 0.29) is 0 Å². The normalized spacial score (nSPS) is 10.2. The largest absolute Gasteiger partial charge is 0.399 e. The molecule has 0 saturated carbocycles. The van der Waals surface area contributed by atoms with Crippen LogP contribution in [0.5, 0.6) is 0 Å². The van der Waals surface area contributed by atoms with Gasteiger partial charge in [-0.3, -0.25) is 0 Å². The molecular formula is C13H13BrN2S. The molecule has 2 aromatic carbocycles. The Kier molecular flexibility index (Phi) is 3.97. The molecular weight excluding hydrogens is 296 g/mol. The second kappa shape index (κ2) is 5.47. The molecule has 0 unspecified atom stereocenters. The van der Waals surface area contributed by atoms with Gasteiger partial charge in [0.15, 0.2) is 0 Å². The molecule has 0 aliphatic rings. The summed E-state index contributed by atoms with van der Waals surface area (Å²) < 4.78 is 4.35. The summed E-state index contributed by atoms with van der Waals surface area (Å²) >= 11 is 5.13. The van der Waals surface area contributed by atoms with E-state index in [2.05, 4.69) is 32.8 Å². The molecule has 88 valence electrons. The van der Waals surface area contributed by atoms with Gasteiger partial charge in [-0.2, -0.15) is 0 Å². The van der Waals surface area contributed by atoms with Crippen LogP contribution in [0, 0.1) is 6.92 Å². The lowest BCUT2D eigenvalue weighted by atomic mass is 10.2. The van der Waals surface area contributed by atoms with Crippen molar-refractivity contribution in [1.29, 1.82) is 0 Å². The number of hydrogen-bond donors (Lipinski definition) is 2. The maximum absolute atomic E-state index is 5.83. The van der Waals surface area contributed by atoms with Gasteiger partial charge in [0.25, 0.3) is 0 Å². The number of rotatable bonds is 3. The zero-order chi connectivity index (χ0) is 12.3. The summed E-state index contributed by atoms with van der Waals surface area (Å²) in [4.78, 5) is 1.17. The van der Waals surface area contributed by atoms with Gasteiger partial charge in [-0.25, -0.2) is 0 Å². The van der Waals surface area contributed by atoms with E-state index in [1.807, 2.05) is 37.3 Å². The van der Waals surface area contributed by atoms with Crippen molar-refractivity contribution in [3.63, 3.8) is 0 Å². The Morgan fingerprint density at radius 2 is 1.88 bits per heavy atom. The molecule has 4 heteroatoms. The molecule has 2 nitrogen and oxygen atoms in total. The first-order valence-electron chi connectivity index (χ1n) is 5.20. The summed E-state index contributed by atoms with van der Waals surface area (Å²) in [5.74, 6) is 0. The molecule has 17 heavy (non-hydrogen) atoms. The fraction of sp³-hybridized carbons (Fsp3) is 0.0769. The lowest BCUT2D eigenvalue weighted by molar-refractivity contribution is 1.43. The first kappa shape index (κ1) is 12.3. The fourth-order valence-corrected chi connectivity index (χ4v) is 2.62. The Morgan fingerprint density at radius 3 is 2.59 bits per heavy atom. The topological polar surface area (TPSA) is 38.0 Å². The molecule has 0 bridgehead atoms. The molecule has 0 spiro atoms.